The zero-order valence-electron chi connectivity index (χ0n) is 13.4. The minimum absolute atomic E-state index is 0.0594. The normalized spacial score (nSPS) is 13.3. The van der Waals surface area contributed by atoms with E-state index in [1.807, 2.05) is 37.3 Å². The van der Waals surface area contributed by atoms with Crippen LogP contribution in [0.1, 0.15) is 20.8 Å². The first kappa shape index (κ1) is 16.7. The molecular weight excluding hydrogens is 250 g/mol. The van der Waals surface area contributed by atoms with Crippen molar-refractivity contribution in [3.8, 4) is 0 Å². The fourth-order valence-corrected chi connectivity index (χ4v) is 2.41. The van der Waals surface area contributed by atoms with Gasteiger partial charge in [-0.3, -0.25) is 4.79 Å². The van der Waals surface area contributed by atoms with E-state index in [1.54, 1.807) is 0 Å². The van der Waals surface area contributed by atoms with Gasteiger partial charge in [0, 0.05) is 5.69 Å². The molecule has 1 aromatic carbocycles. The lowest BCUT2D eigenvalue weighted by Crippen LogP contribution is -3.08. The first-order valence-electron chi connectivity index (χ1n) is 7.28. The van der Waals surface area contributed by atoms with Crippen molar-refractivity contribution in [2.45, 2.75) is 26.8 Å². The predicted molar refractivity (Wildman–Crippen MR) is 82.8 cm³/mol. The lowest BCUT2D eigenvalue weighted by atomic mass is 9.92. The number of benzene rings is 1. The number of carbonyl (C=O) groups excluding carboxylic acids is 1. The third-order valence-electron chi connectivity index (χ3n) is 3.31. The molecule has 4 nitrogen and oxygen atoms in total. The van der Waals surface area contributed by atoms with Crippen LogP contribution in [0.15, 0.2) is 30.3 Å². The molecule has 1 aromatic rings. The summed E-state index contributed by atoms with van der Waals surface area (Å²) in [6.45, 7) is 8.49. The van der Waals surface area contributed by atoms with Gasteiger partial charge in [0.25, 0.3) is 5.91 Å². The van der Waals surface area contributed by atoms with Crippen LogP contribution in [-0.4, -0.2) is 39.1 Å². The highest BCUT2D eigenvalue weighted by atomic mass is 16.2. The molecule has 0 spiro atoms. The molecule has 112 valence electrons. The Hall–Kier alpha value is -1.39. The Balaban J connectivity index is 2.42. The largest absolute Gasteiger partial charge is 0.339 e. The average molecular weight is 279 g/mol. The summed E-state index contributed by atoms with van der Waals surface area (Å²) < 4.78 is 0. The van der Waals surface area contributed by atoms with Crippen LogP contribution in [0.3, 0.4) is 0 Å². The van der Waals surface area contributed by atoms with E-state index < -0.39 is 0 Å². The zero-order valence-corrected chi connectivity index (χ0v) is 13.4. The van der Waals surface area contributed by atoms with Gasteiger partial charge in [-0.2, -0.15) is 0 Å². The number of para-hydroxylation sites is 1. The number of amides is 1. The van der Waals surface area contributed by atoms with Crippen molar-refractivity contribution in [3.05, 3.63) is 30.3 Å². The topological polar surface area (TPSA) is 50.2 Å². The van der Waals surface area contributed by atoms with Crippen molar-refractivity contribution >= 4 is 11.6 Å². The summed E-state index contributed by atoms with van der Waals surface area (Å²) in [6, 6.07) is 9.53. The predicted octanol–water partition coefficient (Wildman–Crippen LogP) is -0.252. The fourth-order valence-electron chi connectivity index (χ4n) is 2.41. The SMILES string of the molecule is C[C@@H]([NH2+]CC(C)(C)C[NH+](C)C)C(=O)Nc1ccccc1. The second-order valence-corrected chi connectivity index (χ2v) is 6.63. The minimum Gasteiger partial charge on any atom is -0.339 e. The number of quaternary nitrogens is 2. The van der Waals surface area contributed by atoms with E-state index in [9.17, 15) is 4.79 Å². The van der Waals surface area contributed by atoms with Crippen LogP contribution < -0.4 is 15.5 Å². The lowest BCUT2D eigenvalue weighted by Gasteiger charge is -2.25. The van der Waals surface area contributed by atoms with Gasteiger partial charge >= 0.3 is 0 Å². The van der Waals surface area contributed by atoms with Gasteiger partial charge in [0.15, 0.2) is 6.04 Å². The van der Waals surface area contributed by atoms with Crippen molar-refractivity contribution in [2.75, 3.05) is 32.5 Å². The number of hydrogen-bond donors (Lipinski definition) is 3. The quantitative estimate of drug-likeness (QED) is 0.633. The van der Waals surface area contributed by atoms with Gasteiger partial charge in [-0.1, -0.05) is 18.2 Å². The first-order chi connectivity index (χ1) is 9.30. The van der Waals surface area contributed by atoms with Crippen LogP contribution in [0.5, 0.6) is 0 Å². The van der Waals surface area contributed by atoms with Crippen LogP contribution in [0.2, 0.25) is 0 Å². The molecule has 1 amide bonds. The molecule has 1 rings (SSSR count). The Labute approximate surface area is 122 Å². The van der Waals surface area contributed by atoms with Crippen molar-refractivity contribution in [1.82, 2.24) is 0 Å². The molecule has 0 saturated heterocycles. The Morgan fingerprint density at radius 2 is 1.90 bits per heavy atom. The zero-order chi connectivity index (χ0) is 15.2. The van der Waals surface area contributed by atoms with E-state index in [0.717, 1.165) is 18.8 Å². The molecule has 4 heteroatoms. The molecule has 0 fully saturated rings. The van der Waals surface area contributed by atoms with Crippen LogP contribution in [0, 0.1) is 5.41 Å². The maximum atomic E-state index is 12.1. The van der Waals surface area contributed by atoms with Gasteiger partial charge in [-0.15, -0.1) is 0 Å². The molecular formula is C16H29N3O+2. The second-order valence-electron chi connectivity index (χ2n) is 6.63. The maximum absolute atomic E-state index is 12.1. The molecule has 0 radical (unpaired) electrons. The molecule has 20 heavy (non-hydrogen) atoms. The van der Waals surface area contributed by atoms with Crippen molar-refractivity contribution in [3.63, 3.8) is 0 Å². The Kier molecular flexibility index (Phi) is 6.17. The van der Waals surface area contributed by atoms with Crippen LogP contribution in [0.25, 0.3) is 0 Å². The molecule has 4 N–H and O–H groups in total. The molecule has 0 saturated carbocycles. The smallest absolute Gasteiger partial charge is 0.282 e. The number of nitrogens with two attached hydrogens (primary N) is 1. The monoisotopic (exact) mass is 279 g/mol. The summed E-state index contributed by atoms with van der Waals surface area (Å²) in [6.07, 6.45) is 0. The van der Waals surface area contributed by atoms with E-state index in [-0.39, 0.29) is 17.4 Å². The summed E-state index contributed by atoms with van der Waals surface area (Å²) in [5, 5.41) is 5.07. The van der Waals surface area contributed by atoms with Crippen LogP contribution in [0.4, 0.5) is 5.69 Å². The highest BCUT2D eigenvalue weighted by molar-refractivity contribution is 5.93. The molecule has 1 atom stereocenters. The maximum Gasteiger partial charge on any atom is 0.282 e. The highest BCUT2D eigenvalue weighted by Gasteiger charge is 2.26. The molecule has 0 aliphatic heterocycles. The van der Waals surface area contributed by atoms with Gasteiger partial charge in [0.05, 0.1) is 32.6 Å². The third kappa shape index (κ3) is 6.17. The number of rotatable bonds is 7. The second kappa shape index (κ2) is 7.41. The van der Waals surface area contributed by atoms with Crippen LogP contribution in [-0.2, 0) is 4.79 Å². The average Bonchev–Trinajstić information content (AvgIpc) is 2.35. The summed E-state index contributed by atoms with van der Waals surface area (Å²) in [5.74, 6) is 0.0594. The van der Waals surface area contributed by atoms with E-state index in [2.05, 4.69) is 38.6 Å². The highest BCUT2D eigenvalue weighted by Crippen LogP contribution is 2.08. The summed E-state index contributed by atoms with van der Waals surface area (Å²) in [4.78, 5) is 13.5. The third-order valence-corrected chi connectivity index (χ3v) is 3.31. The van der Waals surface area contributed by atoms with Crippen LogP contribution >= 0.6 is 0 Å². The van der Waals surface area contributed by atoms with Gasteiger partial charge in [-0.25, -0.2) is 0 Å². The summed E-state index contributed by atoms with van der Waals surface area (Å²) >= 11 is 0. The molecule has 0 unspecified atom stereocenters. The molecule has 0 bridgehead atoms. The molecule has 0 aliphatic rings. The summed E-state index contributed by atoms with van der Waals surface area (Å²) in [5.41, 5.74) is 1.08. The number of hydrogen-bond acceptors (Lipinski definition) is 1. The Morgan fingerprint density at radius 3 is 2.45 bits per heavy atom. The summed E-state index contributed by atoms with van der Waals surface area (Å²) in [7, 11) is 4.32. The molecule has 0 aliphatic carbocycles. The van der Waals surface area contributed by atoms with Crippen molar-refractivity contribution < 1.29 is 15.0 Å². The van der Waals surface area contributed by atoms with Gasteiger partial charge in [0.2, 0.25) is 0 Å². The molecule has 0 heterocycles. The van der Waals surface area contributed by atoms with Gasteiger partial charge in [0.1, 0.15) is 0 Å². The van der Waals surface area contributed by atoms with E-state index in [1.165, 1.54) is 4.90 Å². The van der Waals surface area contributed by atoms with E-state index in [0.29, 0.717) is 0 Å². The number of anilines is 1. The van der Waals surface area contributed by atoms with Gasteiger partial charge in [-0.05, 0) is 32.9 Å². The van der Waals surface area contributed by atoms with Crippen molar-refractivity contribution in [2.24, 2.45) is 5.41 Å². The van der Waals surface area contributed by atoms with Crippen molar-refractivity contribution in [1.29, 1.82) is 0 Å². The Morgan fingerprint density at radius 1 is 1.30 bits per heavy atom. The molecule has 0 aromatic heterocycles. The van der Waals surface area contributed by atoms with Gasteiger partial charge < -0.3 is 15.5 Å². The standard InChI is InChI=1S/C16H27N3O/c1-13(17-11-16(2,3)12-19(4)5)15(20)18-14-9-7-6-8-10-14/h6-10,13,17H,11-12H2,1-5H3,(H,18,20)/p+2/t13-/m1/s1. The minimum atomic E-state index is -0.0772. The number of nitrogens with one attached hydrogen (secondary N) is 2. The Bertz CT molecular complexity index is 415. The van der Waals surface area contributed by atoms with E-state index in [4.69, 9.17) is 0 Å². The fraction of sp³-hybridized carbons (Fsp3) is 0.562. The number of carbonyl (C=O) groups is 1. The first-order valence-corrected chi connectivity index (χ1v) is 7.28. The lowest BCUT2D eigenvalue weighted by molar-refractivity contribution is -0.868. The van der Waals surface area contributed by atoms with E-state index >= 15 is 0 Å².